The molecule has 0 bridgehead atoms. The topological polar surface area (TPSA) is 151 Å². The van der Waals surface area contributed by atoms with E-state index >= 15 is 0 Å². The van der Waals surface area contributed by atoms with Gasteiger partial charge < -0.3 is 25.5 Å². The smallest absolute Gasteiger partial charge is 0.292 e. The first-order valence-electron chi connectivity index (χ1n) is 12.7. The Balaban J connectivity index is 1.25. The van der Waals surface area contributed by atoms with Crippen molar-refractivity contribution < 1.29 is 13.9 Å². The van der Waals surface area contributed by atoms with Gasteiger partial charge in [-0.1, -0.05) is 34.1 Å². The van der Waals surface area contributed by atoms with Crippen LogP contribution in [0.5, 0.6) is 0 Å². The first-order chi connectivity index (χ1) is 19.0. The SMILES string of the molecule is Nc1nc2cc(-c3nn(Cc4ccc5c(c4)CCN(C(=O)CCOCCBr)C5)c4ncnc(N)c34)ccc2o1. The molecule has 4 N–H and O–H groups in total. The van der Waals surface area contributed by atoms with E-state index in [1.54, 1.807) is 0 Å². The average Bonchev–Trinajstić information content (AvgIpc) is 3.50. The van der Waals surface area contributed by atoms with Gasteiger partial charge in [0.1, 0.15) is 23.4 Å². The molecule has 0 radical (unpaired) electrons. The normalized spacial score (nSPS) is 13.3. The Labute approximate surface area is 232 Å². The number of aromatic nitrogens is 5. The Morgan fingerprint density at radius 1 is 1.10 bits per heavy atom. The number of alkyl halides is 1. The molecule has 2 aromatic carbocycles. The zero-order chi connectivity index (χ0) is 26.9. The molecule has 11 nitrogen and oxygen atoms in total. The van der Waals surface area contributed by atoms with E-state index in [1.807, 2.05) is 27.8 Å². The van der Waals surface area contributed by atoms with Gasteiger partial charge in [0, 0.05) is 24.0 Å². The van der Waals surface area contributed by atoms with Crippen molar-refractivity contribution in [2.75, 3.05) is 36.6 Å². The molecule has 3 aromatic heterocycles. The van der Waals surface area contributed by atoms with Gasteiger partial charge in [-0.15, -0.1) is 0 Å². The van der Waals surface area contributed by atoms with Gasteiger partial charge in [0.15, 0.2) is 11.2 Å². The first-order valence-corrected chi connectivity index (χ1v) is 13.8. The molecule has 0 aliphatic carbocycles. The number of nitrogens with two attached hydrogens (primary N) is 2. The second-order valence-corrected chi connectivity index (χ2v) is 10.2. The van der Waals surface area contributed by atoms with E-state index in [1.165, 1.54) is 11.9 Å². The molecule has 12 heteroatoms. The number of rotatable bonds is 8. The number of hydrogen-bond donors (Lipinski definition) is 2. The lowest BCUT2D eigenvalue weighted by Gasteiger charge is -2.29. The van der Waals surface area contributed by atoms with Crippen LogP contribution >= 0.6 is 15.9 Å². The summed E-state index contributed by atoms with van der Waals surface area (Å²) in [6.45, 7) is 2.87. The summed E-state index contributed by atoms with van der Waals surface area (Å²) in [4.78, 5) is 27.5. The van der Waals surface area contributed by atoms with Gasteiger partial charge in [0.05, 0.1) is 31.6 Å². The average molecular weight is 591 g/mol. The number of carbonyl (C=O) groups is 1. The molecular weight excluding hydrogens is 564 g/mol. The molecule has 6 rings (SSSR count). The molecule has 4 heterocycles. The van der Waals surface area contributed by atoms with E-state index in [4.69, 9.17) is 25.7 Å². The van der Waals surface area contributed by atoms with Gasteiger partial charge >= 0.3 is 0 Å². The fourth-order valence-electron chi connectivity index (χ4n) is 5.00. The molecule has 0 saturated carbocycles. The molecule has 5 aromatic rings. The van der Waals surface area contributed by atoms with E-state index < -0.39 is 0 Å². The van der Waals surface area contributed by atoms with Gasteiger partial charge in [-0.25, -0.2) is 14.6 Å². The summed E-state index contributed by atoms with van der Waals surface area (Å²) < 4.78 is 12.7. The van der Waals surface area contributed by atoms with Crippen LogP contribution in [0.1, 0.15) is 23.1 Å². The molecule has 0 spiro atoms. The van der Waals surface area contributed by atoms with Crippen LogP contribution in [0.3, 0.4) is 0 Å². The molecule has 0 atom stereocenters. The van der Waals surface area contributed by atoms with Crippen LogP contribution < -0.4 is 11.5 Å². The number of carbonyl (C=O) groups excluding carboxylic acids is 1. The van der Waals surface area contributed by atoms with Crippen molar-refractivity contribution in [3.63, 3.8) is 0 Å². The summed E-state index contributed by atoms with van der Waals surface area (Å²) in [5, 5.41) is 6.34. The van der Waals surface area contributed by atoms with Crippen molar-refractivity contribution in [3.05, 3.63) is 59.4 Å². The lowest BCUT2D eigenvalue weighted by atomic mass is 9.97. The highest BCUT2D eigenvalue weighted by molar-refractivity contribution is 9.09. The predicted octanol–water partition coefficient (Wildman–Crippen LogP) is 3.53. The number of hydrogen-bond acceptors (Lipinski definition) is 9. The monoisotopic (exact) mass is 590 g/mol. The summed E-state index contributed by atoms with van der Waals surface area (Å²) in [6.07, 6.45) is 2.65. The van der Waals surface area contributed by atoms with Gasteiger partial charge in [0.25, 0.3) is 6.01 Å². The third kappa shape index (κ3) is 5.04. The van der Waals surface area contributed by atoms with Gasteiger partial charge in [-0.05, 0) is 41.3 Å². The van der Waals surface area contributed by atoms with Crippen molar-refractivity contribution in [1.29, 1.82) is 0 Å². The third-order valence-electron chi connectivity index (χ3n) is 6.89. The number of benzene rings is 2. The summed E-state index contributed by atoms with van der Waals surface area (Å²) in [5.74, 6) is 0.479. The summed E-state index contributed by atoms with van der Waals surface area (Å²) in [6, 6.07) is 12.1. The fraction of sp³-hybridized carbons (Fsp3) is 0.296. The predicted molar refractivity (Wildman–Crippen MR) is 151 cm³/mol. The Morgan fingerprint density at radius 2 is 2.00 bits per heavy atom. The standard InChI is InChI=1S/C27H27BrN8O3/c28-7-10-38-9-6-22(37)35-8-5-17-11-16(1-2-19(17)14-35)13-36-26-23(25(29)31-15-32-26)24(34-36)18-3-4-21-20(12-18)33-27(30)39-21/h1-4,11-12,15H,5-10,13-14H2,(H2,30,33)(H2,29,31,32). The molecule has 200 valence electrons. The largest absolute Gasteiger partial charge is 0.424 e. The number of nitrogen functional groups attached to an aromatic ring is 2. The maximum absolute atomic E-state index is 12.6. The molecule has 0 saturated heterocycles. The minimum atomic E-state index is 0.111. The van der Waals surface area contributed by atoms with Crippen LogP contribution in [-0.2, 0) is 29.0 Å². The summed E-state index contributed by atoms with van der Waals surface area (Å²) in [5.41, 5.74) is 18.9. The number of nitrogens with zero attached hydrogens (tertiary/aromatic N) is 6. The van der Waals surface area contributed by atoms with E-state index in [0.717, 1.165) is 28.4 Å². The van der Waals surface area contributed by atoms with Gasteiger partial charge in [-0.2, -0.15) is 10.1 Å². The molecule has 1 aliphatic heterocycles. The second-order valence-electron chi connectivity index (χ2n) is 9.42. The number of amides is 1. The van der Waals surface area contributed by atoms with Gasteiger partial charge in [-0.3, -0.25) is 4.79 Å². The number of anilines is 2. The molecular formula is C27H27BrN8O3. The van der Waals surface area contributed by atoms with Crippen molar-refractivity contribution in [3.8, 4) is 11.3 Å². The van der Waals surface area contributed by atoms with Crippen LogP contribution in [0, 0.1) is 0 Å². The third-order valence-corrected chi connectivity index (χ3v) is 7.21. The van der Waals surface area contributed by atoms with Crippen LogP contribution in [-0.4, -0.2) is 60.6 Å². The zero-order valence-corrected chi connectivity index (χ0v) is 22.7. The maximum Gasteiger partial charge on any atom is 0.292 e. The lowest BCUT2D eigenvalue weighted by molar-refractivity contribution is -0.133. The maximum atomic E-state index is 12.6. The van der Waals surface area contributed by atoms with Crippen LogP contribution in [0.2, 0.25) is 0 Å². The van der Waals surface area contributed by atoms with Crippen LogP contribution in [0.15, 0.2) is 47.1 Å². The molecule has 0 unspecified atom stereocenters. The van der Waals surface area contributed by atoms with E-state index in [2.05, 4.69) is 49.1 Å². The number of oxazole rings is 1. The highest BCUT2D eigenvalue weighted by Crippen LogP contribution is 2.33. The number of ether oxygens (including phenoxy) is 1. The summed E-state index contributed by atoms with van der Waals surface area (Å²) in [7, 11) is 0. The summed E-state index contributed by atoms with van der Waals surface area (Å²) >= 11 is 3.33. The van der Waals surface area contributed by atoms with E-state index in [-0.39, 0.29) is 11.9 Å². The van der Waals surface area contributed by atoms with Gasteiger partial charge in [0.2, 0.25) is 5.91 Å². The minimum Gasteiger partial charge on any atom is -0.424 e. The molecule has 39 heavy (non-hydrogen) atoms. The molecule has 1 amide bonds. The Morgan fingerprint density at radius 3 is 2.87 bits per heavy atom. The fourth-order valence-corrected chi connectivity index (χ4v) is 5.23. The highest BCUT2D eigenvalue weighted by atomic mass is 79.9. The minimum absolute atomic E-state index is 0.111. The number of halogens is 1. The van der Waals surface area contributed by atoms with Crippen molar-refractivity contribution in [2.24, 2.45) is 0 Å². The molecule has 0 fully saturated rings. The second kappa shape index (κ2) is 10.6. The van der Waals surface area contributed by atoms with E-state index in [0.29, 0.717) is 72.9 Å². The first kappa shape index (κ1) is 25.3. The quantitative estimate of drug-likeness (QED) is 0.204. The Hall–Kier alpha value is -4.03. The Kier molecular flexibility index (Phi) is 6.88. The van der Waals surface area contributed by atoms with Crippen molar-refractivity contribution in [1.82, 2.24) is 29.6 Å². The van der Waals surface area contributed by atoms with Crippen molar-refractivity contribution in [2.45, 2.75) is 25.9 Å². The van der Waals surface area contributed by atoms with Crippen LogP contribution in [0.25, 0.3) is 33.4 Å². The van der Waals surface area contributed by atoms with E-state index in [9.17, 15) is 4.79 Å². The number of fused-ring (bicyclic) bond motifs is 3. The highest BCUT2D eigenvalue weighted by Gasteiger charge is 2.22. The van der Waals surface area contributed by atoms with Crippen molar-refractivity contribution >= 4 is 55.8 Å². The zero-order valence-electron chi connectivity index (χ0n) is 21.1. The lowest BCUT2D eigenvalue weighted by Crippen LogP contribution is -2.36. The molecule has 1 aliphatic rings. The van der Waals surface area contributed by atoms with Crippen LogP contribution in [0.4, 0.5) is 11.8 Å². The Bertz CT molecular complexity index is 1680.